The van der Waals surface area contributed by atoms with Gasteiger partial charge < -0.3 is 40.8 Å². The van der Waals surface area contributed by atoms with Gasteiger partial charge in [0.15, 0.2) is 11.5 Å². The van der Waals surface area contributed by atoms with E-state index in [-0.39, 0.29) is 73.8 Å². The van der Waals surface area contributed by atoms with Crippen molar-refractivity contribution in [2.45, 2.75) is 30.8 Å². The lowest BCUT2D eigenvalue weighted by Crippen LogP contribution is -2.43. The number of hydrogen-bond donors (Lipinski definition) is 4. The Labute approximate surface area is 296 Å². The van der Waals surface area contributed by atoms with E-state index < -0.39 is 53.8 Å². The highest BCUT2D eigenvalue weighted by atomic mass is 35.5. The molecule has 0 saturated heterocycles. The molecule has 272 valence electrons. The molecular weight excluding hydrogens is 721 g/mol. The molecule has 0 fully saturated rings. The van der Waals surface area contributed by atoms with E-state index in [1.165, 1.54) is 50.4 Å². The fraction of sp³-hybridized carbons (Fsp3) is 0.235. The molecule has 12 nitrogen and oxygen atoms in total. The number of halogens is 6. The number of pyridine rings is 1. The Morgan fingerprint density at radius 2 is 1.87 bits per heavy atom. The summed E-state index contributed by atoms with van der Waals surface area (Å²) in [5.74, 6) is -3.28. The van der Waals surface area contributed by atoms with Crippen LogP contribution in [0.1, 0.15) is 39.7 Å². The van der Waals surface area contributed by atoms with Crippen molar-refractivity contribution in [3.8, 4) is 34.3 Å². The molecule has 52 heavy (non-hydrogen) atoms. The molecule has 0 aliphatic carbocycles. The summed E-state index contributed by atoms with van der Waals surface area (Å²) < 4.78 is 87.9. The van der Waals surface area contributed by atoms with Gasteiger partial charge >= 0.3 is 12.8 Å². The van der Waals surface area contributed by atoms with Gasteiger partial charge in [-0.1, -0.05) is 23.7 Å². The lowest BCUT2D eigenvalue weighted by molar-refractivity contribution is -0.286. The maximum Gasteiger partial charge on any atom is 0.586 e. The molecule has 18 heteroatoms. The highest BCUT2D eigenvalue weighted by Gasteiger charge is 2.48. The van der Waals surface area contributed by atoms with Crippen molar-refractivity contribution in [1.29, 1.82) is 0 Å². The van der Waals surface area contributed by atoms with Crippen LogP contribution in [0.4, 0.5) is 27.6 Å². The molecular formula is C34H27ClF5N5O7. The standard InChI is InChI=1S/C34H27ClF5N5O7/c1-32(30(42)47)14-50-27-20(32)11-23(45-26(27)19-7-8-21-28(24(19)35)52-34(39,40)51-21)33(48,17-3-5-18(36)6-4-17)13-44-29(46)15-9-16(12-43-31(37)38)25(41)22(10-15)49-2/h3-12,31,48H,13-14,41H2,1-2H3,(H2,42,47)(H,44,46)/b43-12+/t32-,33+/m0/s1. The first-order chi connectivity index (χ1) is 24.5. The second-order valence-electron chi connectivity index (χ2n) is 11.9. The van der Waals surface area contributed by atoms with Crippen molar-refractivity contribution in [2.24, 2.45) is 10.7 Å². The van der Waals surface area contributed by atoms with Crippen LogP contribution in [0, 0.1) is 5.82 Å². The summed E-state index contributed by atoms with van der Waals surface area (Å²) in [5, 5.41) is 14.7. The summed E-state index contributed by atoms with van der Waals surface area (Å²) in [6, 6.07) is 10.7. The van der Waals surface area contributed by atoms with Crippen LogP contribution in [0.3, 0.4) is 0 Å². The normalized spacial score (nSPS) is 18.2. The summed E-state index contributed by atoms with van der Waals surface area (Å²) in [5.41, 5.74) is 7.36. The number of nitrogens with two attached hydrogens (primary N) is 2. The van der Waals surface area contributed by atoms with Crippen molar-refractivity contribution in [2.75, 3.05) is 26.0 Å². The van der Waals surface area contributed by atoms with Crippen LogP contribution in [-0.2, 0) is 15.8 Å². The molecule has 0 radical (unpaired) electrons. The zero-order chi connectivity index (χ0) is 37.7. The highest BCUT2D eigenvalue weighted by Crippen LogP contribution is 2.53. The first kappa shape index (κ1) is 36.1. The van der Waals surface area contributed by atoms with Crippen molar-refractivity contribution >= 4 is 35.3 Å². The van der Waals surface area contributed by atoms with E-state index >= 15 is 0 Å². The molecule has 6 N–H and O–H groups in total. The number of nitrogens with zero attached hydrogens (tertiary/aromatic N) is 2. The van der Waals surface area contributed by atoms with E-state index in [2.05, 4.69) is 24.8 Å². The van der Waals surface area contributed by atoms with Crippen molar-refractivity contribution in [3.63, 3.8) is 0 Å². The van der Waals surface area contributed by atoms with E-state index in [0.717, 1.165) is 24.4 Å². The molecule has 0 saturated carbocycles. The van der Waals surface area contributed by atoms with E-state index in [0.29, 0.717) is 0 Å². The number of fused-ring (bicyclic) bond motifs is 2. The molecule has 2 amide bonds. The first-order valence-electron chi connectivity index (χ1n) is 15.1. The predicted molar refractivity (Wildman–Crippen MR) is 176 cm³/mol. The Kier molecular flexibility index (Phi) is 9.13. The van der Waals surface area contributed by atoms with Gasteiger partial charge in [-0.3, -0.25) is 9.59 Å². The van der Waals surface area contributed by atoms with Crippen LogP contribution in [0.2, 0.25) is 5.02 Å². The number of primary amides is 1. The molecule has 0 bridgehead atoms. The molecule has 3 heterocycles. The number of aliphatic imine (C=N–C) groups is 1. The van der Waals surface area contributed by atoms with Crippen LogP contribution in [-0.4, -0.2) is 61.2 Å². The minimum atomic E-state index is -4.02. The molecule has 2 atom stereocenters. The van der Waals surface area contributed by atoms with E-state index in [1.807, 2.05) is 0 Å². The summed E-state index contributed by atoms with van der Waals surface area (Å²) in [6.07, 6.45) is -3.25. The number of alkyl halides is 4. The maximum atomic E-state index is 14.1. The number of aromatic nitrogens is 1. The third-order valence-electron chi connectivity index (χ3n) is 8.62. The van der Waals surface area contributed by atoms with Crippen molar-refractivity contribution in [3.05, 3.63) is 93.4 Å². The summed E-state index contributed by atoms with van der Waals surface area (Å²) in [4.78, 5) is 34.0. The highest BCUT2D eigenvalue weighted by molar-refractivity contribution is 6.35. The molecule has 0 unspecified atom stereocenters. The minimum Gasteiger partial charge on any atom is -0.495 e. The van der Waals surface area contributed by atoms with Crippen LogP contribution in [0.5, 0.6) is 23.0 Å². The van der Waals surface area contributed by atoms with E-state index in [1.54, 1.807) is 0 Å². The monoisotopic (exact) mass is 747 g/mol. The number of anilines is 1. The average Bonchev–Trinajstić information content (AvgIpc) is 3.62. The molecule has 2 aliphatic heterocycles. The fourth-order valence-corrected chi connectivity index (χ4v) is 6.00. The Hall–Kier alpha value is -5.68. The molecule has 4 aromatic rings. The second kappa shape index (κ2) is 13.1. The molecule has 2 aliphatic rings. The predicted octanol–water partition coefficient (Wildman–Crippen LogP) is 4.90. The fourth-order valence-electron chi connectivity index (χ4n) is 5.71. The number of ether oxygens (including phenoxy) is 4. The van der Waals surface area contributed by atoms with Gasteiger partial charge in [0.05, 0.1) is 30.1 Å². The zero-order valence-corrected chi connectivity index (χ0v) is 27.7. The molecule has 6 rings (SSSR count). The summed E-state index contributed by atoms with van der Waals surface area (Å²) in [7, 11) is 1.24. The number of nitrogens with one attached hydrogen (secondary N) is 1. The number of rotatable bonds is 10. The summed E-state index contributed by atoms with van der Waals surface area (Å²) >= 11 is 6.55. The van der Waals surface area contributed by atoms with Crippen LogP contribution < -0.4 is 35.7 Å². The number of nitrogen functional groups attached to an aromatic ring is 1. The number of hydrogen-bond acceptors (Lipinski definition) is 10. The lowest BCUT2D eigenvalue weighted by Gasteiger charge is -2.30. The number of benzene rings is 3. The number of amides is 2. The largest absolute Gasteiger partial charge is 0.586 e. The number of carbonyl (C=O) groups is 2. The second-order valence-corrected chi connectivity index (χ2v) is 12.3. The Balaban J connectivity index is 1.49. The number of methoxy groups -OCH3 is 1. The lowest BCUT2D eigenvalue weighted by atomic mass is 9.80. The van der Waals surface area contributed by atoms with E-state index in [4.69, 9.17) is 32.5 Å². The van der Waals surface area contributed by atoms with Gasteiger partial charge in [-0.15, -0.1) is 8.78 Å². The third-order valence-corrected chi connectivity index (χ3v) is 8.99. The van der Waals surface area contributed by atoms with Gasteiger partial charge in [0.25, 0.3) is 5.91 Å². The van der Waals surface area contributed by atoms with Gasteiger partial charge in [0.2, 0.25) is 5.91 Å². The average molecular weight is 748 g/mol. The topological polar surface area (TPSA) is 181 Å². The molecule has 1 aromatic heterocycles. The van der Waals surface area contributed by atoms with Crippen molar-refractivity contribution in [1.82, 2.24) is 10.3 Å². The zero-order valence-electron chi connectivity index (χ0n) is 27.0. The number of aliphatic hydroxyl groups is 1. The quantitative estimate of drug-likeness (QED) is 0.0760. The maximum absolute atomic E-state index is 14.1. The van der Waals surface area contributed by atoms with Gasteiger partial charge in [0.1, 0.15) is 40.6 Å². The molecule has 0 spiro atoms. The van der Waals surface area contributed by atoms with Crippen LogP contribution in [0.25, 0.3) is 11.3 Å². The Bertz CT molecular complexity index is 2140. The van der Waals surface area contributed by atoms with Gasteiger partial charge in [0, 0.05) is 28.5 Å². The van der Waals surface area contributed by atoms with Crippen molar-refractivity contribution < 1.29 is 55.6 Å². The first-order valence-corrected chi connectivity index (χ1v) is 15.5. The number of carbonyl (C=O) groups excluding carboxylic acids is 2. The van der Waals surface area contributed by atoms with Gasteiger partial charge in [-0.2, -0.15) is 8.78 Å². The van der Waals surface area contributed by atoms with Crippen LogP contribution in [0.15, 0.2) is 59.6 Å². The summed E-state index contributed by atoms with van der Waals surface area (Å²) in [6.45, 7) is -2.55. The minimum absolute atomic E-state index is 0.00311. The Morgan fingerprint density at radius 1 is 1.15 bits per heavy atom. The third kappa shape index (κ3) is 6.36. The van der Waals surface area contributed by atoms with Gasteiger partial charge in [-0.25, -0.2) is 14.4 Å². The Morgan fingerprint density at radius 3 is 2.52 bits per heavy atom. The van der Waals surface area contributed by atoms with Gasteiger partial charge in [-0.05, 0) is 55.0 Å². The molecule has 3 aromatic carbocycles. The smallest absolute Gasteiger partial charge is 0.495 e. The van der Waals surface area contributed by atoms with E-state index in [9.17, 15) is 36.6 Å². The SMILES string of the molecule is COc1cc(C(=O)NC[C@@](O)(c2ccc(F)cc2)c2cc3c(c(-c4ccc5c(c4Cl)OC(F)(F)O5)n2)OC[C@]3(C)C(N)=O)cc(/C=N/C(F)F)c1N. The van der Waals surface area contributed by atoms with Crippen LogP contribution >= 0.6 is 11.6 Å².